The van der Waals surface area contributed by atoms with Gasteiger partial charge in [0, 0.05) is 29.0 Å². The van der Waals surface area contributed by atoms with Crippen molar-refractivity contribution in [2.45, 2.75) is 31.3 Å². The van der Waals surface area contributed by atoms with Crippen LogP contribution in [0, 0.1) is 0 Å². The largest absolute Gasteiger partial charge is 0.310 e. The Labute approximate surface area is 108 Å². The zero-order chi connectivity index (χ0) is 11.8. The summed E-state index contributed by atoms with van der Waals surface area (Å²) in [5.41, 5.74) is 1.36. The highest BCUT2D eigenvalue weighted by Crippen LogP contribution is 2.19. The number of nitrogens with one attached hydrogen (secondary N) is 1. The minimum Gasteiger partial charge on any atom is -0.310 e. The van der Waals surface area contributed by atoms with Crippen molar-refractivity contribution in [1.29, 1.82) is 0 Å². The van der Waals surface area contributed by atoms with E-state index >= 15 is 0 Å². The summed E-state index contributed by atoms with van der Waals surface area (Å²) < 4.78 is 0. The van der Waals surface area contributed by atoms with Crippen LogP contribution in [0.5, 0.6) is 0 Å². The first-order valence-corrected chi connectivity index (χ1v) is 8.04. The second kappa shape index (κ2) is 8.04. The van der Waals surface area contributed by atoms with Crippen LogP contribution in [-0.4, -0.2) is 23.8 Å². The number of benzene rings is 1. The minimum atomic E-state index is 0.552. The lowest BCUT2D eigenvalue weighted by atomic mass is 10.2. The van der Waals surface area contributed by atoms with E-state index in [4.69, 9.17) is 0 Å². The molecular weight excluding hydrogens is 234 g/mol. The normalized spacial score (nSPS) is 11.0. The van der Waals surface area contributed by atoms with Gasteiger partial charge in [-0.3, -0.25) is 0 Å². The molecule has 0 saturated carbocycles. The highest BCUT2D eigenvalue weighted by molar-refractivity contribution is 8.02. The third-order valence-corrected chi connectivity index (χ3v) is 4.08. The molecule has 0 aliphatic rings. The Kier molecular flexibility index (Phi) is 7.01. The molecule has 1 N–H and O–H groups in total. The SMILES string of the molecule is CSCCSc1ccc(CNC(C)C)cc1. The Morgan fingerprint density at radius 3 is 2.38 bits per heavy atom. The van der Waals surface area contributed by atoms with Gasteiger partial charge in [0.2, 0.25) is 0 Å². The first-order chi connectivity index (χ1) is 7.72. The Balaban J connectivity index is 2.35. The fourth-order valence-corrected chi connectivity index (χ4v) is 2.83. The second-order valence-corrected chi connectivity index (χ2v) is 6.17. The van der Waals surface area contributed by atoms with Gasteiger partial charge in [-0.2, -0.15) is 11.8 Å². The van der Waals surface area contributed by atoms with Crippen molar-refractivity contribution in [3.05, 3.63) is 29.8 Å². The summed E-state index contributed by atoms with van der Waals surface area (Å²) in [6, 6.07) is 9.44. The van der Waals surface area contributed by atoms with Crippen molar-refractivity contribution < 1.29 is 0 Å². The first kappa shape index (κ1) is 13.9. The smallest absolute Gasteiger partial charge is 0.0207 e. The summed E-state index contributed by atoms with van der Waals surface area (Å²) in [6.07, 6.45) is 2.15. The quantitative estimate of drug-likeness (QED) is 0.590. The molecule has 1 rings (SSSR count). The Bertz CT molecular complexity index is 282. The van der Waals surface area contributed by atoms with Crippen LogP contribution in [0.2, 0.25) is 0 Å². The molecule has 0 amide bonds. The molecule has 0 spiro atoms. The molecule has 0 heterocycles. The summed E-state index contributed by atoms with van der Waals surface area (Å²) in [7, 11) is 0. The van der Waals surface area contributed by atoms with E-state index in [0.29, 0.717) is 6.04 Å². The molecule has 0 atom stereocenters. The van der Waals surface area contributed by atoms with Crippen LogP contribution in [0.4, 0.5) is 0 Å². The average molecular weight is 255 g/mol. The molecule has 0 radical (unpaired) electrons. The fraction of sp³-hybridized carbons (Fsp3) is 0.538. The maximum absolute atomic E-state index is 3.42. The molecule has 0 aliphatic carbocycles. The van der Waals surface area contributed by atoms with Crippen LogP contribution in [0.25, 0.3) is 0 Å². The Hall–Kier alpha value is -0.120. The number of rotatable bonds is 7. The van der Waals surface area contributed by atoms with Crippen LogP contribution >= 0.6 is 23.5 Å². The van der Waals surface area contributed by atoms with Crippen molar-refractivity contribution in [1.82, 2.24) is 5.32 Å². The van der Waals surface area contributed by atoms with Gasteiger partial charge >= 0.3 is 0 Å². The lowest BCUT2D eigenvalue weighted by Crippen LogP contribution is -2.21. The van der Waals surface area contributed by atoms with Gasteiger partial charge in [0.1, 0.15) is 0 Å². The molecule has 0 aromatic heterocycles. The molecular formula is C13H21NS2. The van der Waals surface area contributed by atoms with Gasteiger partial charge in [0.05, 0.1) is 0 Å². The standard InChI is InChI=1S/C13H21NS2/c1-11(2)14-10-12-4-6-13(7-5-12)16-9-8-15-3/h4-7,11,14H,8-10H2,1-3H3. The summed E-state index contributed by atoms with van der Waals surface area (Å²) >= 11 is 3.84. The molecule has 3 heteroatoms. The zero-order valence-electron chi connectivity index (χ0n) is 10.3. The van der Waals surface area contributed by atoms with E-state index in [2.05, 4.69) is 49.7 Å². The lowest BCUT2D eigenvalue weighted by Gasteiger charge is -2.08. The highest BCUT2D eigenvalue weighted by Gasteiger charge is 1.97. The van der Waals surface area contributed by atoms with Gasteiger partial charge < -0.3 is 5.32 Å². The lowest BCUT2D eigenvalue weighted by molar-refractivity contribution is 0.588. The van der Waals surface area contributed by atoms with Gasteiger partial charge in [-0.25, -0.2) is 0 Å². The van der Waals surface area contributed by atoms with Crippen molar-refractivity contribution in [2.24, 2.45) is 0 Å². The third kappa shape index (κ3) is 5.83. The maximum Gasteiger partial charge on any atom is 0.0207 e. The van der Waals surface area contributed by atoms with Crippen LogP contribution in [0.1, 0.15) is 19.4 Å². The summed E-state index contributed by atoms with van der Waals surface area (Å²) in [6.45, 7) is 5.31. The first-order valence-electron chi connectivity index (χ1n) is 5.66. The van der Waals surface area contributed by atoms with Gasteiger partial charge in [-0.15, -0.1) is 11.8 Å². The van der Waals surface area contributed by atoms with Crippen molar-refractivity contribution in [2.75, 3.05) is 17.8 Å². The average Bonchev–Trinajstić information content (AvgIpc) is 2.28. The molecule has 1 aromatic rings. The molecule has 0 fully saturated rings. The topological polar surface area (TPSA) is 12.0 Å². The zero-order valence-corrected chi connectivity index (χ0v) is 12.0. The van der Waals surface area contributed by atoms with Gasteiger partial charge in [0.25, 0.3) is 0 Å². The Morgan fingerprint density at radius 2 is 1.81 bits per heavy atom. The van der Waals surface area contributed by atoms with Gasteiger partial charge in [-0.1, -0.05) is 26.0 Å². The number of hydrogen-bond donors (Lipinski definition) is 1. The van der Waals surface area contributed by atoms with Crippen LogP contribution in [0.15, 0.2) is 29.2 Å². The van der Waals surface area contributed by atoms with Crippen LogP contribution < -0.4 is 5.32 Å². The van der Waals surface area contributed by atoms with Crippen molar-refractivity contribution in [3.63, 3.8) is 0 Å². The molecule has 0 saturated heterocycles. The van der Waals surface area contributed by atoms with Crippen molar-refractivity contribution >= 4 is 23.5 Å². The Morgan fingerprint density at radius 1 is 1.12 bits per heavy atom. The molecule has 90 valence electrons. The van der Waals surface area contributed by atoms with Crippen molar-refractivity contribution in [3.8, 4) is 0 Å². The number of thioether (sulfide) groups is 2. The van der Waals surface area contributed by atoms with E-state index < -0.39 is 0 Å². The monoisotopic (exact) mass is 255 g/mol. The predicted molar refractivity (Wildman–Crippen MR) is 77.5 cm³/mol. The van der Waals surface area contributed by atoms with E-state index in [1.807, 2.05) is 23.5 Å². The predicted octanol–water partition coefficient (Wildman–Crippen LogP) is 3.64. The van der Waals surface area contributed by atoms with Crippen LogP contribution in [0.3, 0.4) is 0 Å². The highest BCUT2D eigenvalue weighted by atomic mass is 32.2. The molecule has 1 nitrogen and oxygen atoms in total. The molecule has 0 bridgehead atoms. The van der Waals surface area contributed by atoms with E-state index in [1.165, 1.54) is 22.0 Å². The maximum atomic E-state index is 3.42. The third-order valence-electron chi connectivity index (χ3n) is 2.19. The summed E-state index contributed by atoms with van der Waals surface area (Å²) in [5, 5.41) is 3.42. The van der Waals surface area contributed by atoms with E-state index in [-0.39, 0.29) is 0 Å². The minimum absolute atomic E-state index is 0.552. The van der Waals surface area contributed by atoms with Gasteiger partial charge in [-0.05, 0) is 24.0 Å². The molecule has 0 unspecified atom stereocenters. The fourth-order valence-electron chi connectivity index (χ4n) is 1.27. The molecule has 1 aromatic carbocycles. The summed E-state index contributed by atoms with van der Waals surface area (Å²) in [4.78, 5) is 1.38. The molecule has 0 aliphatic heterocycles. The van der Waals surface area contributed by atoms with E-state index in [9.17, 15) is 0 Å². The van der Waals surface area contributed by atoms with Crippen LogP contribution in [-0.2, 0) is 6.54 Å². The van der Waals surface area contributed by atoms with Gasteiger partial charge in [0.15, 0.2) is 0 Å². The molecule has 16 heavy (non-hydrogen) atoms. The van der Waals surface area contributed by atoms with E-state index in [1.54, 1.807) is 0 Å². The van der Waals surface area contributed by atoms with E-state index in [0.717, 1.165) is 6.54 Å². The summed E-state index contributed by atoms with van der Waals surface area (Å²) in [5.74, 6) is 2.42. The number of hydrogen-bond acceptors (Lipinski definition) is 3. The second-order valence-electron chi connectivity index (χ2n) is 4.02.